The summed E-state index contributed by atoms with van der Waals surface area (Å²) in [4.78, 5) is 2.79. The minimum absolute atomic E-state index is 0.274. The number of hydrogen-bond donors (Lipinski definition) is 0. The number of rotatable bonds is 4. The first-order valence-electron chi connectivity index (χ1n) is 8.19. The van der Waals surface area contributed by atoms with Gasteiger partial charge in [0, 0.05) is 0 Å². The van der Waals surface area contributed by atoms with Crippen LogP contribution >= 0.6 is 22.7 Å². The van der Waals surface area contributed by atoms with Gasteiger partial charge in [-0.3, -0.25) is 0 Å². The van der Waals surface area contributed by atoms with Crippen molar-refractivity contribution in [2.75, 3.05) is 0 Å². The van der Waals surface area contributed by atoms with E-state index in [4.69, 9.17) is 0 Å². The summed E-state index contributed by atoms with van der Waals surface area (Å²) in [5.74, 6) is 0. The molecule has 0 fully saturated rings. The van der Waals surface area contributed by atoms with Gasteiger partial charge in [-0.25, -0.2) is 0 Å². The van der Waals surface area contributed by atoms with Gasteiger partial charge in [-0.2, -0.15) is 0 Å². The van der Waals surface area contributed by atoms with Crippen LogP contribution in [0, 0.1) is 13.8 Å². The Balaban J connectivity index is 1.78. The van der Waals surface area contributed by atoms with Gasteiger partial charge in [0.25, 0.3) is 0 Å². The normalized spacial score (nSPS) is 11.0. The van der Waals surface area contributed by atoms with Crippen LogP contribution in [0.25, 0.3) is 22.3 Å². The molecule has 0 saturated heterocycles. The van der Waals surface area contributed by atoms with Crippen LogP contribution in [-0.2, 0) is 0 Å². The van der Waals surface area contributed by atoms with Crippen LogP contribution in [0.5, 0.6) is 0 Å². The Morgan fingerprint density at radius 2 is 1.00 bits per heavy atom. The summed E-state index contributed by atoms with van der Waals surface area (Å²) in [7, 11) is 0. The van der Waals surface area contributed by atoms with E-state index in [0.29, 0.717) is 0 Å². The third kappa shape index (κ3) is 3.38. The van der Waals surface area contributed by atoms with Gasteiger partial charge in [-0.05, 0) is 0 Å². The summed E-state index contributed by atoms with van der Waals surface area (Å²) in [6.07, 6.45) is 0. The molecule has 124 valence electrons. The molecule has 0 N–H and O–H groups in total. The van der Waals surface area contributed by atoms with Crippen LogP contribution in [0.4, 0.5) is 0 Å². The maximum atomic E-state index is 2.30. The molecule has 2 heterocycles. The van der Waals surface area contributed by atoms with Crippen molar-refractivity contribution < 1.29 is 0 Å². The van der Waals surface area contributed by atoms with Crippen molar-refractivity contribution in [3.63, 3.8) is 0 Å². The van der Waals surface area contributed by atoms with Crippen molar-refractivity contribution in [2.24, 2.45) is 0 Å². The zero-order valence-corrected chi connectivity index (χ0v) is 17.5. The van der Waals surface area contributed by atoms with E-state index in [-0.39, 0.29) is 15.0 Å². The zero-order valence-electron chi connectivity index (χ0n) is 14.2. The molecule has 0 saturated carbocycles. The first kappa shape index (κ1) is 16.8. The predicted molar refractivity (Wildman–Crippen MR) is 114 cm³/mol. The molecule has 2 aromatic carbocycles. The van der Waals surface area contributed by atoms with Gasteiger partial charge in [0.1, 0.15) is 0 Å². The van der Waals surface area contributed by atoms with Crippen LogP contribution in [-0.4, -0.2) is 15.0 Å². The van der Waals surface area contributed by atoms with Crippen molar-refractivity contribution in [1.82, 2.24) is 0 Å². The van der Waals surface area contributed by atoms with Crippen molar-refractivity contribution in [1.29, 1.82) is 0 Å². The summed E-state index contributed by atoms with van der Waals surface area (Å²) < 4.78 is 2.91. The Morgan fingerprint density at radius 1 is 0.560 bits per heavy atom. The molecule has 0 unspecified atom stereocenters. The second-order valence-electron chi connectivity index (χ2n) is 5.88. The first-order valence-corrected chi connectivity index (χ1v) is 11.7. The van der Waals surface area contributed by atoms with Crippen LogP contribution in [0.3, 0.4) is 0 Å². The van der Waals surface area contributed by atoms with Crippen molar-refractivity contribution in [2.45, 2.75) is 13.8 Å². The Bertz CT molecular complexity index is 928. The molecule has 0 aliphatic carbocycles. The SMILES string of the molecule is Cc1sccc1-c1ccccc1[Se]c1ccccc1-c1ccsc1C. The Hall–Kier alpha value is -1.64. The van der Waals surface area contributed by atoms with Gasteiger partial charge in [0.05, 0.1) is 0 Å². The monoisotopic (exact) mass is 426 g/mol. The summed E-state index contributed by atoms with van der Waals surface area (Å²) in [5.41, 5.74) is 5.54. The molecule has 0 amide bonds. The Morgan fingerprint density at radius 3 is 1.40 bits per heavy atom. The van der Waals surface area contributed by atoms with E-state index in [0.717, 1.165) is 0 Å². The quantitative estimate of drug-likeness (QED) is 0.383. The topological polar surface area (TPSA) is 0 Å². The zero-order chi connectivity index (χ0) is 17.2. The second-order valence-corrected chi connectivity index (χ2v) is 10.4. The fourth-order valence-corrected chi connectivity index (χ4v) is 6.75. The average molecular weight is 425 g/mol. The van der Waals surface area contributed by atoms with Gasteiger partial charge >= 0.3 is 164 Å². The molecular formula is C22H18S2Se. The fourth-order valence-electron chi connectivity index (χ4n) is 3.00. The van der Waals surface area contributed by atoms with Gasteiger partial charge in [-0.15, -0.1) is 0 Å². The first-order chi connectivity index (χ1) is 12.2. The molecule has 0 aliphatic rings. The van der Waals surface area contributed by atoms with E-state index in [1.165, 1.54) is 40.9 Å². The molecule has 3 heteroatoms. The van der Waals surface area contributed by atoms with Gasteiger partial charge in [0.2, 0.25) is 0 Å². The summed E-state index contributed by atoms with van der Waals surface area (Å²) in [5, 5.41) is 4.38. The van der Waals surface area contributed by atoms with E-state index < -0.39 is 0 Å². The Labute approximate surface area is 163 Å². The summed E-state index contributed by atoms with van der Waals surface area (Å²) in [6, 6.07) is 22.3. The number of hydrogen-bond acceptors (Lipinski definition) is 2. The molecule has 4 aromatic rings. The average Bonchev–Trinajstić information content (AvgIpc) is 3.24. The Kier molecular flexibility index (Phi) is 4.91. The standard InChI is InChI=1S/C22H18S2Se/c1-15-17(11-13-23-15)19-7-3-5-9-21(19)25-22-10-6-4-8-20(22)18-12-14-24-16(18)2/h3-14H,1-2H3. The van der Waals surface area contributed by atoms with Crippen LogP contribution in [0.2, 0.25) is 0 Å². The predicted octanol–water partition coefficient (Wildman–Crippen LogP) is 5.42. The van der Waals surface area contributed by atoms with E-state index in [1.54, 1.807) is 0 Å². The molecule has 4 rings (SSSR count). The number of aryl methyl sites for hydroxylation is 2. The van der Waals surface area contributed by atoms with Crippen LogP contribution in [0.1, 0.15) is 9.75 Å². The third-order valence-corrected chi connectivity index (χ3v) is 8.40. The molecule has 0 radical (unpaired) electrons. The molecular weight excluding hydrogens is 407 g/mol. The number of benzene rings is 2. The van der Waals surface area contributed by atoms with E-state index >= 15 is 0 Å². The molecule has 0 spiro atoms. The number of thiophene rings is 2. The summed E-state index contributed by atoms with van der Waals surface area (Å²) >= 11 is 3.93. The molecule has 0 bridgehead atoms. The molecule has 0 aliphatic heterocycles. The van der Waals surface area contributed by atoms with Crippen molar-refractivity contribution >= 4 is 46.6 Å². The minimum atomic E-state index is 0.274. The van der Waals surface area contributed by atoms with E-state index in [9.17, 15) is 0 Å². The molecule has 0 atom stereocenters. The summed E-state index contributed by atoms with van der Waals surface area (Å²) in [6.45, 7) is 4.43. The van der Waals surface area contributed by atoms with Gasteiger partial charge in [0.15, 0.2) is 0 Å². The fraction of sp³-hybridized carbons (Fsp3) is 0.0909. The van der Waals surface area contributed by atoms with E-state index in [1.807, 2.05) is 22.7 Å². The third-order valence-electron chi connectivity index (χ3n) is 4.29. The van der Waals surface area contributed by atoms with E-state index in [2.05, 4.69) is 85.3 Å². The second kappa shape index (κ2) is 7.31. The van der Waals surface area contributed by atoms with Crippen molar-refractivity contribution in [3.8, 4) is 22.3 Å². The molecule has 25 heavy (non-hydrogen) atoms. The van der Waals surface area contributed by atoms with Gasteiger partial charge < -0.3 is 0 Å². The van der Waals surface area contributed by atoms with Crippen LogP contribution < -0.4 is 8.92 Å². The van der Waals surface area contributed by atoms with Crippen molar-refractivity contribution in [3.05, 3.63) is 81.2 Å². The molecule has 2 aromatic heterocycles. The van der Waals surface area contributed by atoms with Crippen LogP contribution in [0.15, 0.2) is 71.4 Å². The van der Waals surface area contributed by atoms with Gasteiger partial charge in [-0.1, -0.05) is 0 Å². The molecule has 0 nitrogen and oxygen atoms in total. The maximum absolute atomic E-state index is 2.30.